The van der Waals surface area contributed by atoms with Gasteiger partial charge in [-0.3, -0.25) is 0 Å². The minimum Gasteiger partial charge on any atom is -0.303 e. The molecule has 0 fully saturated rings. The predicted molar refractivity (Wildman–Crippen MR) is 163 cm³/mol. The molecule has 0 heterocycles. The molecule has 0 aromatic heterocycles. The third kappa shape index (κ3) is 30.1. The Bertz CT molecular complexity index is 352. The minimum atomic E-state index is 1.36. The molecular weight excluding hydrogens is 422 g/mol. The van der Waals surface area contributed by atoms with Gasteiger partial charge < -0.3 is 4.90 Å². The van der Waals surface area contributed by atoms with Crippen LogP contribution in [0.15, 0.2) is 0 Å². The molecule has 35 heavy (non-hydrogen) atoms. The SMILES string of the molecule is CCCCCCCCCCCCCCCCN(CCCCCCCC)CCCCCCCCCC. The van der Waals surface area contributed by atoms with Crippen LogP contribution < -0.4 is 0 Å². The van der Waals surface area contributed by atoms with E-state index in [4.69, 9.17) is 0 Å². The second-order valence-electron chi connectivity index (χ2n) is 11.7. The summed E-state index contributed by atoms with van der Waals surface area (Å²) in [4.78, 5) is 2.83. The summed E-state index contributed by atoms with van der Waals surface area (Å²) in [6.45, 7) is 11.0. The number of unbranched alkanes of at least 4 members (excludes halogenated alkanes) is 25. The fourth-order valence-corrected chi connectivity index (χ4v) is 5.45. The smallest absolute Gasteiger partial charge is 0.00187 e. The quantitative estimate of drug-likeness (QED) is 0.0867. The van der Waals surface area contributed by atoms with Crippen molar-refractivity contribution in [2.24, 2.45) is 0 Å². The lowest BCUT2D eigenvalue weighted by atomic mass is 10.0. The average molecular weight is 494 g/mol. The summed E-state index contributed by atoms with van der Waals surface area (Å²) in [5, 5.41) is 0. The average Bonchev–Trinajstić information content (AvgIpc) is 2.87. The Morgan fingerprint density at radius 3 is 0.600 bits per heavy atom. The first-order valence-corrected chi connectivity index (χ1v) is 17.1. The third-order valence-corrected chi connectivity index (χ3v) is 7.98. The first kappa shape index (κ1) is 35.0. The molecule has 0 rings (SSSR count). The molecule has 0 amide bonds. The molecule has 0 bridgehead atoms. The molecule has 0 atom stereocenters. The number of hydrogen-bond donors (Lipinski definition) is 0. The van der Waals surface area contributed by atoms with E-state index in [-0.39, 0.29) is 0 Å². The van der Waals surface area contributed by atoms with Crippen LogP contribution in [0.1, 0.15) is 201 Å². The highest BCUT2D eigenvalue weighted by Gasteiger charge is 2.05. The van der Waals surface area contributed by atoms with Crippen LogP contribution >= 0.6 is 0 Å². The first-order valence-electron chi connectivity index (χ1n) is 17.1. The molecule has 0 radical (unpaired) electrons. The van der Waals surface area contributed by atoms with Crippen LogP contribution in [0.4, 0.5) is 0 Å². The van der Waals surface area contributed by atoms with E-state index >= 15 is 0 Å². The molecule has 0 aromatic carbocycles. The molecular formula is C34H71N. The van der Waals surface area contributed by atoms with Crippen molar-refractivity contribution in [2.45, 2.75) is 201 Å². The Labute approximate surface area is 225 Å². The van der Waals surface area contributed by atoms with Crippen molar-refractivity contribution in [1.29, 1.82) is 0 Å². The van der Waals surface area contributed by atoms with Crippen LogP contribution in [0.2, 0.25) is 0 Å². The molecule has 0 unspecified atom stereocenters. The summed E-state index contributed by atoms with van der Waals surface area (Å²) in [5.41, 5.74) is 0. The molecule has 0 aromatic rings. The second kappa shape index (κ2) is 32.0. The van der Waals surface area contributed by atoms with Crippen LogP contribution in [0.5, 0.6) is 0 Å². The maximum absolute atomic E-state index is 2.83. The minimum absolute atomic E-state index is 1.36. The van der Waals surface area contributed by atoms with E-state index in [1.165, 1.54) is 199 Å². The van der Waals surface area contributed by atoms with Gasteiger partial charge in [0.2, 0.25) is 0 Å². The summed E-state index contributed by atoms with van der Waals surface area (Å²) in [7, 11) is 0. The molecule has 0 aliphatic rings. The van der Waals surface area contributed by atoms with Gasteiger partial charge in [0.1, 0.15) is 0 Å². The lowest BCUT2D eigenvalue weighted by Crippen LogP contribution is -2.27. The van der Waals surface area contributed by atoms with Gasteiger partial charge in [0.25, 0.3) is 0 Å². The van der Waals surface area contributed by atoms with Gasteiger partial charge in [0, 0.05) is 0 Å². The molecule has 0 saturated carbocycles. The van der Waals surface area contributed by atoms with Crippen LogP contribution in [0.25, 0.3) is 0 Å². The maximum atomic E-state index is 2.83. The van der Waals surface area contributed by atoms with Gasteiger partial charge in [0.15, 0.2) is 0 Å². The van der Waals surface area contributed by atoms with Gasteiger partial charge in [-0.05, 0) is 38.9 Å². The van der Waals surface area contributed by atoms with Crippen molar-refractivity contribution in [3.63, 3.8) is 0 Å². The molecule has 0 saturated heterocycles. The zero-order valence-corrected chi connectivity index (χ0v) is 25.4. The van der Waals surface area contributed by atoms with Crippen LogP contribution in [-0.2, 0) is 0 Å². The van der Waals surface area contributed by atoms with E-state index in [1.54, 1.807) is 0 Å². The number of nitrogens with zero attached hydrogens (tertiary/aromatic N) is 1. The fraction of sp³-hybridized carbons (Fsp3) is 1.00. The van der Waals surface area contributed by atoms with E-state index in [1.807, 2.05) is 0 Å². The molecule has 1 nitrogen and oxygen atoms in total. The molecule has 0 N–H and O–H groups in total. The van der Waals surface area contributed by atoms with E-state index in [9.17, 15) is 0 Å². The van der Waals surface area contributed by atoms with Crippen molar-refractivity contribution >= 4 is 0 Å². The van der Waals surface area contributed by atoms with Crippen molar-refractivity contribution < 1.29 is 0 Å². The van der Waals surface area contributed by atoms with E-state index < -0.39 is 0 Å². The zero-order valence-electron chi connectivity index (χ0n) is 25.4. The van der Waals surface area contributed by atoms with Crippen molar-refractivity contribution in [1.82, 2.24) is 4.90 Å². The van der Waals surface area contributed by atoms with Gasteiger partial charge in [0.05, 0.1) is 0 Å². The van der Waals surface area contributed by atoms with E-state index in [0.29, 0.717) is 0 Å². The van der Waals surface area contributed by atoms with Gasteiger partial charge >= 0.3 is 0 Å². The Morgan fingerprint density at radius 1 is 0.229 bits per heavy atom. The Balaban J connectivity index is 3.72. The zero-order chi connectivity index (χ0) is 25.5. The normalized spacial score (nSPS) is 11.7. The summed E-state index contributed by atoms with van der Waals surface area (Å²) >= 11 is 0. The first-order chi connectivity index (χ1) is 17.3. The van der Waals surface area contributed by atoms with Crippen LogP contribution in [-0.4, -0.2) is 24.5 Å². The summed E-state index contributed by atoms with van der Waals surface area (Å²) < 4.78 is 0. The highest BCUT2D eigenvalue weighted by Crippen LogP contribution is 2.14. The standard InChI is InChI=1S/C34H71N/c1-4-7-10-13-16-18-19-20-21-22-23-25-28-31-34-35(32-29-26-15-12-9-6-3)33-30-27-24-17-14-11-8-5-2/h4-34H2,1-3H3. The lowest BCUT2D eigenvalue weighted by Gasteiger charge is -2.22. The summed E-state index contributed by atoms with van der Waals surface area (Å²) in [5.74, 6) is 0. The monoisotopic (exact) mass is 494 g/mol. The van der Waals surface area contributed by atoms with Crippen LogP contribution in [0, 0.1) is 0 Å². The Morgan fingerprint density at radius 2 is 0.400 bits per heavy atom. The number of rotatable bonds is 31. The van der Waals surface area contributed by atoms with Gasteiger partial charge in [-0.2, -0.15) is 0 Å². The number of hydrogen-bond acceptors (Lipinski definition) is 1. The van der Waals surface area contributed by atoms with Crippen molar-refractivity contribution in [2.75, 3.05) is 19.6 Å². The van der Waals surface area contributed by atoms with E-state index in [0.717, 1.165) is 0 Å². The van der Waals surface area contributed by atoms with Crippen LogP contribution in [0.3, 0.4) is 0 Å². The van der Waals surface area contributed by atoms with Crippen molar-refractivity contribution in [3.8, 4) is 0 Å². The predicted octanol–water partition coefficient (Wildman–Crippen LogP) is 12.3. The van der Waals surface area contributed by atoms with Crippen molar-refractivity contribution in [3.05, 3.63) is 0 Å². The topological polar surface area (TPSA) is 3.24 Å². The summed E-state index contributed by atoms with van der Waals surface area (Å²) in [6.07, 6.45) is 40.6. The highest BCUT2D eigenvalue weighted by atomic mass is 15.1. The molecule has 1 heteroatoms. The van der Waals surface area contributed by atoms with E-state index in [2.05, 4.69) is 25.7 Å². The highest BCUT2D eigenvalue weighted by molar-refractivity contribution is 4.61. The van der Waals surface area contributed by atoms with Gasteiger partial charge in [-0.1, -0.05) is 181 Å². The lowest BCUT2D eigenvalue weighted by molar-refractivity contribution is 0.254. The third-order valence-electron chi connectivity index (χ3n) is 7.98. The molecule has 0 aliphatic carbocycles. The van der Waals surface area contributed by atoms with Gasteiger partial charge in [-0.15, -0.1) is 0 Å². The molecule has 0 spiro atoms. The molecule has 212 valence electrons. The maximum Gasteiger partial charge on any atom is -0.00187 e. The van der Waals surface area contributed by atoms with Gasteiger partial charge in [-0.25, -0.2) is 0 Å². The second-order valence-corrected chi connectivity index (χ2v) is 11.7. The molecule has 0 aliphatic heterocycles. The summed E-state index contributed by atoms with van der Waals surface area (Å²) in [6, 6.07) is 0. The fourth-order valence-electron chi connectivity index (χ4n) is 5.45. The largest absolute Gasteiger partial charge is 0.303 e. The Hall–Kier alpha value is -0.0400. The Kier molecular flexibility index (Phi) is 32.0.